The quantitative estimate of drug-likeness (QED) is 0.626. The summed E-state index contributed by atoms with van der Waals surface area (Å²) in [6.45, 7) is 6.74. The number of hydrogen-bond acceptors (Lipinski definition) is 6. The molecule has 0 saturated carbocycles. The number of amides is 2. The molecule has 2 aromatic heterocycles. The van der Waals surface area contributed by atoms with Crippen molar-refractivity contribution in [3.8, 4) is 11.3 Å². The highest BCUT2D eigenvalue weighted by Crippen LogP contribution is 2.32. The molecule has 1 aromatic carbocycles. The molecule has 0 aliphatic carbocycles. The number of carbonyl (C=O) groups excluding carboxylic acids is 2. The lowest BCUT2D eigenvalue weighted by atomic mass is 9.87. The van der Waals surface area contributed by atoms with Crippen molar-refractivity contribution < 1.29 is 14.3 Å². The second kappa shape index (κ2) is 9.07. The third kappa shape index (κ3) is 4.90. The fraction of sp³-hybridized carbons (Fsp3) is 0.320. The summed E-state index contributed by atoms with van der Waals surface area (Å²) in [6.07, 6.45) is 5.08. The molecule has 1 fully saturated rings. The number of benzene rings is 1. The molecule has 33 heavy (non-hydrogen) atoms. The molecular weight excluding hydrogens is 418 g/mol. The Labute approximate surface area is 193 Å². The average molecular weight is 446 g/mol. The molecule has 1 saturated heterocycles. The van der Waals surface area contributed by atoms with Crippen molar-refractivity contribution >= 4 is 17.5 Å². The molecule has 0 bridgehead atoms. The van der Waals surface area contributed by atoms with Crippen LogP contribution in [0.5, 0.6) is 0 Å². The molecule has 0 unspecified atom stereocenters. The van der Waals surface area contributed by atoms with Crippen LogP contribution < -0.4 is 10.2 Å². The smallest absolute Gasteiger partial charge is 0.251 e. The molecule has 2 amide bonds. The van der Waals surface area contributed by atoms with Crippen molar-refractivity contribution in [1.29, 1.82) is 0 Å². The van der Waals surface area contributed by atoms with E-state index in [9.17, 15) is 9.59 Å². The summed E-state index contributed by atoms with van der Waals surface area (Å²) in [5.41, 5.74) is 4.48. The highest BCUT2D eigenvalue weighted by atomic mass is 16.5. The van der Waals surface area contributed by atoms with Gasteiger partial charge in [0.1, 0.15) is 0 Å². The number of nitrogens with zero attached hydrogens (tertiary/aromatic N) is 4. The zero-order valence-electron chi connectivity index (χ0n) is 19.3. The Morgan fingerprint density at radius 1 is 1.06 bits per heavy atom. The van der Waals surface area contributed by atoms with Crippen molar-refractivity contribution in [2.75, 3.05) is 25.2 Å². The van der Waals surface area contributed by atoms with Gasteiger partial charge < -0.3 is 15.0 Å². The van der Waals surface area contributed by atoms with Crippen LogP contribution >= 0.6 is 0 Å². The maximum absolute atomic E-state index is 13.1. The maximum atomic E-state index is 13.1. The summed E-state index contributed by atoms with van der Waals surface area (Å²) in [7, 11) is 1.72. The molecule has 8 nitrogen and oxygen atoms in total. The van der Waals surface area contributed by atoms with Gasteiger partial charge in [0.25, 0.3) is 5.91 Å². The molecular formula is C25H27N5O3. The van der Waals surface area contributed by atoms with E-state index in [1.54, 1.807) is 42.7 Å². The lowest BCUT2D eigenvalue weighted by Gasteiger charge is -2.39. The van der Waals surface area contributed by atoms with Crippen LogP contribution in [0.4, 0.5) is 5.69 Å². The number of rotatable bonds is 6. The van der Waals surface area contributed by atoms with Gasteiger partial charge in [0.15, 0.2) is 0 Å². The summed E-state index contributed by atoms with van der Waals surface area (Å²) >= 11 is 0. The highest BCUT2D eigenvalue weighted by Gasteiger charge is 2.43. The number of carbonyl (C=O) groups is 2. The van der Waals surface area contributed by atoms with Crippen molar-refractivity contribution in [3.63, 3.8) is 0 Å². The first-order chi connectivity index (χ1) is 15.7. The van der Waals surface area contributed by atoms with Gasteiger partial charge in [0.2, 0.25) is 5.91 Å². The molecule has 3 heterocycles. The molecule has 1 N–H and O–H groups in total. The first-order valence-corrected chi connectivity index (χ1v) is 10.7. The summed E-state index contributed by atoms with van der Waals surface area (Å²) in [6, 6.07) is 9.24. The number of aryl methyl sites for hydroxylation is 2. The van der Waals surface area contributed by atoms with E-state index in [0.29, 0.717) is 30.2 Å². The fourth-order valence-corrected chi connectivity index (χ4v) is 3.56. The first-order valence-electron chi connectivity index (χ1n) is 10.7. The first kappa shape index (κ1) is 22.5. The van der Waals surface area contributed by atoms with Crippen molar-refractivity contribution in [2.45, 2.75) is 27.3 Å². The van der Waals surface area contributed by atoms with Gasteiger partial charge in [-0.25, -0.2) is 0 Å². The number of nitrogens with one attached hydrogen (secondary N) is 1. The number of ether oxygens (including phenoxy) is 1. The number of pyridine rings is 1. The summed E-state index contributed by atoms with van der Waals surface area (Å²) in [4.78, 5) is 40.7. The summed E-state index contributed by atoms with van der Waals surface area (Å²) < 4.78 is 5.26. The van der Waals surface area contributed by atoms with Crippen molar-refractivity contribution in [3.05, 3.63) is 71.4 Å². The minimum absolute atomic E-state index is 0.0518. The highest BCUT2D eigenvalue weighted by molar-refractivity contribution is 6.01. The van der Waals surface area contributed by atoms with E-state index in [4.69, 9.17) is 4.74 Å². The predicted octanol–water partition coefficient (Wildman–Crippen LogP) is 3.08. The van der Waals surface area contributed by atoms with Crippen LogP contribution in [0.15, 0.2) is 48.9 Å². The molecule has 170 valence electrons. The van der Waals surface area contributed by atoms with Crippen LogP contribution in [0.2, 0.25) is 0 Å². The van der Waals surface area contributed by atoms with Crippen LogP contribution in [-0.2, 0) is 16.1 Å². The summed E-state index contributed by atoms with van der Waals surface area (Å²) in [5, 5.41) is 2.89. The van der Waals surface area contributed by atoms with Gasteiger partial charge in [0, 0.05) is 36.3 Å². The molecule has 0 spiro atoms. The normalized spacial score (nSPS) is 14.3. The number of anilines is 1. The second-order valence-corrected chi connectivity index (χ2v) is 8.74. The Hall–Kier alpha value is -3.65. The largest absolute Gasteiger partial charge is 0.379 e. The monoisotopic (exact) mass is 445 g/mol. The molecule has 4 rings (SSSR count). The zero-order valence-corrected chi connectivity index (χ0v) is 19.3. The third-order valence-electron chi connectivity index (χ3n) is 5.70. The Morgan fingerprint density at radius 3 is 2.45 bits per heavy atom. The molecule has 0 radical (unpaired) electrons. The number of aromatic nitrogens is 3. The van der Waals surface area contributed by atoms with E-state index in [2.05, 4.69) is 20.3 Å². The Kier molecular flexibility index (Phi) is 6.20. The molecule has 1 aliphatic heterocycles. The topological polar surface area (TPSA) is 97.3 Å². The van der Waals surface area contributed by atoms with Crippen LogP contribution in [-0.4, -0.2) is 47.0 Å². The van der Waals surface area contributed by atoms with E-state index in [1.807, 2.05) is 39.0 Å². The molecule has 0 atom stereocenters. The Bertz CT molecular complexity index is 1170. The zero-order chi connectivity index (χ0) is 23.6. The molecule has 3 aromatic rings. The average Bonchev–Trinajstić information content (AvgIpc) is 2.81. The van der Waals surface area contributed by atoms with Crippen molar-refractivity contribution in [2.24, 2.45) is 5.41 Å². The van der Waals surface area contributed by atoms with Gasteiger partial charge in [-0.1, -0.05) is 6.07 Å². The fourth-order valence-electron chi connectivity index (χ4n) is 3.56. The van der Waals surface area contributed by atoms with E-state index < -0.39 is 5.41 Å². The van der Waals surface area contributed by atoms with Crippen LogP contribution in [0.25, 0.3) is 11.3 Å². The van der Waals surface area contributed by atoms with Gasteiger partial charge in [0.05, 0.1) is 48.5 Å². The molecule has 8 heteroatoms. The Morgan fingerprint density at radius 2 is 1.85 bits per heavy atom. The van der Waals surface area contributed by atoms with Gasteiger partial charge in [-0.2, -0.15) is 0 Å². The third-order valence-corrected chi connectivity index (χ3v) is 5.70. The lowest BCUT2D eigenvalue weighted by molar-refractivity contribution is -0.154. The van der Waals surface area contributed by atoms with Gasteiger partial charge in [-0.3, -0.25) is 24.5 Å². The maximum Gasteiger partial charge on any atom is 0.251 e. The summed E-state index contributed by atoms with van der Waals surface area (Å²) in [5.74, 6) is -0.323. The van der Waals surface area contributed by atoms with Crippen LogP contribution in [0.1, 0.15) is 34.2 Å². The minimum atomic E-state index is -0.556. The van der Waals surface area contributed by atoms with Crippen molar-refractivity contribution in [1.82, 2.24) is 20.3 Å². The van der Waals surface area contributed by atoms with E-state index in [1.165, 1.54) is 0 Å². The minimum Gasteiger partial charge on any atom is -0.379 e. The standard InChI is InChI=1S/C25H27N5O3/c1-16-5-6-22(28-10-16)18-7-19(23(31)29-13-20-12-26-17(2)11-27-20)9-21(8-18)30(4)24(32)25(3)14-33-15-25/h5-12H,13-15H2,1-4H3,(H,29,31). The number of hydrogen-bond donors (Lipinski definition) is 1. The van der Waals surface area contributed by atoms with Gasteiger partial charge in [-0.05, 0) is 50.6 Å². The van der Waals surface area contributed by atoms with Crippen LogP contribution in [0, 0.1) is 19.3 Å². The second-order valence-electron chi connectivity index (χ2n) is 8.74. The van der Waals surface area contributed by atoms with Gasteiger partial charge >= 0.3 is 0 Å². The van der Waals surface area contributed by atoms with E-state index in [-0.39, 0.29) is 18.4 Å². The van der Waals surface area contributed by atoms with E-state index >= 15 is 0 Å². The Balaban J connectivity index is 1.64. The lowest BCUT2D eigenvalue weighted by Crippen LogP contribution is -2.52. The van der Waals surface area contributed by atoms with E-state index in [0.717, 1.165) is 22.5 Å². The predicted molar refractivity (Wildman–Crippen MR) is 125 cm³/mol. The SMILES string of the molecule is Cc1ccc(-c2cc(C(=O)NCc3cnc(C)cn3)cc(N(C)C(=O)C3(C)COC3)c2)nc1. The molecule has 1 aliphatic rings. The van der Waals surface area contributed by atoms with Crippen LogP contribution in [0.3, 0.4) is 0 Å². The van der Waals surface area contributed by atoms with Gasteiger partial charge in [-0.15, -0.1) is 0 Å².